The van der Waals surface area contributed by atoms with Crippen LogP contribution >= 0.6 is 0 Å². The Hall–Kier alpha value is -2.74. The maximum Gasteiger partial charge on any atom is 0.335 e. The van der Waals surface area contributed by atoms with Crippen LogP contribution in [0.5, 0.6) is 0 Å². The lowest BCUT2D eigenvalue weighted by atomic mass is 10.0. The van der Waals surface area contributed by atoms with Crippen LogP contribution in [0.1, 0.15) is 36.1 Å². The highest BCUT2D eigenvalue weighted by atomic mass is 32.2. The number of carbonyl (C=O) groups excluding carboxylic acids is 1. The average Bonchev–Trinajstić information content (AvgIpc) is 3.08. The molecule has 0 fully saturated rings. The fourth-order valence-electron chi connectivity index (χ4n) is 2.65. The first-order chi connectivity index (χ1) is 12.3. The lowest BCUT2D eigenvalue weighted by Gasteiger charge is -2.19. The molecular formula is C18H19N3O4S. The van der Waals surface area contributed by atoms with E-state index in [9.17, 15) is 13.2 Å². The quantitative estimate of drug-likeness (QED) is 0.738. The standard InChI is InChI=1S/C18H19N3O4S/c1-11(2)15(17-20-21-18(25-17)26(3,23)24)19-16(22)14-10-6-8-12-7-4-5-9-13(12)14/h4-11,15H,1-3H3,(H,19,22)/t15-/m0/s1. The van der Waals surface area contributed by atoms with Crippen molar-refractivity contribution in [3.8, 4) is 0 Å². The number of sulfone groups is 1. The van der Waals surface area contributed by atoms with Gasteiger partial charge in [0.25, 0.3) is 5.91 Å². The molecule has 26 heavy (non-hydrogen) atoms. The summed E-state index contributed by atoms with van der Waals surface area (Å²) in [6.07, 6.45) is 0.989. The number of fused-ring (bicyclic) bond motifs is 1. The molecule has 1 atom stereocenters. The zero-order chi connectivity index (χ0) is 18.9. The highest BCUT2D eigenvalue weighted by Crippen LogP contribution is 2.24. The van der Waals surface area contributed by atoms with Crippen LogP contribution in [0, 0.1) is 5.92 Å². The van der Waals surface area contributed by atoms with Crippen molar-refractivity contribution in [3.63, 3.8) is 0 Å². The van der Waals surface area contributed by atoms with Gasteiger partial charge in [0.15, 0.2) is 0 Å². The predicted octanol–water partition coefficient (Wildman–Crippen LogP) is 2.75. The van der Waals surface area contributed by atoms with Crippen LogP contribution in [0.3, 0.4) is 0 Å². The predicted molar refractivity (Wildman–Crippen MR) is 96.4 cm³/mol. The summed E-state index contributed by atoms with van der Waals surface area (Å²) in [6, 6.07) is 12.5. The summed E-state index contributed by atoms with van der Waals surface area (Å²) in [5, 5.41) is 11.6. The van der Waals surface area contributed by atoms with Gasteiger partial charge < -0.3 is 9.73 Å². The van der Waals surface area contributed by atoms with E-state index >= 15 is 0 Å². The molecule has 7 nitrogen and oxygen atoms in total. The van der Waals surface area contributed by atoms with E-state index < -0.39 is 21.1 Å². The zero-order valence-corrected chi connectivity index (χ0v) is 15.4. The molecule has 3 aromatic rings. The fourth-order valence-corrected chi connectivity index (χ4v) is 3.08. The number of nitrogens with zero attached hydrogens (tertiary/aromatic N) is 2. The smallest absolute Gasteiger partial charge is 0.335 e. The van der Waals surface area contributed by atoms with Crippen molar-refractivity contribution < 1.29 is 17.6 Å². The van der Waals surface area contributed by atoms with E-state index in [1.165, 1.54) is 0 Å². The highest BCUT2D eigenvalue weighted by Gasteiger charge is 2.27. The Kier molecular flexibility index (Phi) is 4.78. The topological polar surface area (TPSA) is 102 Å². The van der Waals surface area contributed by atoms with Crippen molar-refractivity contribution in [2.75, 3.05) is 6.26 Å². The van der Waals surface area contributed by atoms with E-state index in [2.05, 4.69) is 15.5 Å². The number of rotatable bonds is 5. The second kappa shape index (κ2) is 6.87. The van der Waals surface area contributed by atoms with E-state index in [0.717, 1.165) is 17.0 Å². The van der Waals surface area contributed by atoms with Crippen LogP contribution in [0.25, 0.3) is 10.8 Å². The summed E-state index contributed by atoms with van der Waals surface area (Å²) >= 11 is 0. The Morgan fingerprint density at radius 3 is 2.42 bits per heavy atom. The number of benzene rings is 2. The summed E-state index contributed by atoms with van der Waals surface area (Å²) in [5.41, 5.74) is 0.525. The molecule has 1 amide bonds. The fraction of sp³-hybridized carbons (Fsp3) is 0.278. The van der Waals surface area contributed by atoms with Crippen LogP contribution < -0.4 is 5.32 Å². The summed E-state index contributed by atoms with van der Waals surface area (Å²) in [4.78, 5) is 12.8. The summed E-state index contributed by atoms with van der Waals surface area (Å²) in [5.74, 6) is -0.310. The van der Waals surface area contributed by atoms with Crippen molar-refractivity contribution in [1.82, 2.24) is 15.5 Å². The summed E-state index contributed by atoms with van der Waals surface area (Å²) in [7, 11) is -3.60. The molecule has 136 valence electrons. The van der Waals surface area contributed by atoms with Gasteiger partial charge in [-0.05, 0) is 22.8 Å². The second-order valence-electron chi connectivity index (χ2n) is 6.40. The molecule has 0 spiro atoms. The number of hydrogen-bond donors (Lipinski definition) is 1. The summed E-state index contributed by atoms with van der Waals surface area (Å²) < 4.78 is 28.4. The first kappa shape index (κ1) is 18.1. The Labute approximate surface area is 151 Å². The molecule has 0 bridgehead atoms. The molecule has 1 aromatic heterocycles. The molecule has 8 heteroatoms. The number of nitrogens with one attached hydrogen (secondary N) is 1. The molecule has 0 aliphatic rings. The monoisotopic (exact) mass is 373 g/mol. The van der Waals surface area contributed by atoms with Crippen LogP contribution in [0.15, 0.2) is 52.1 Å². The lowest BCUT2D eigenvalue weighted by Crippen LogP contribution is -2.32. The van der Waals surface area contributed by atoms with Gasteiger partial charge in [0.05, 0.1) is 0 Å². The largest absolute Gasteiger partial charge is 0.410 e. The van der Waals surface area contributed by atoms with Gasteiger partial charge in [0.2, 0.25) is 15.7 Å². The number of carbonyl (C=O) groups is 1. The van der Waals surface area contributed by atoms with E-state index in [4.69, 9.17) is 4.42 Å². The molecule has 1 heterocycles. The minimum atomic E-state index is -3.60. The average molecular weight is 373 g/mol. The van der Waals surface area contributed by atoms with Crippen molar-refractivity contribution in [1.29, 1.82) is 0 Å². The van der Waals surface area contributed by atoms with Crippen LogP contribution in [-0.4, -0.2) is 30.8 Å². The van der Waals surface area contributed by atoms with Gasteiger partial charge in [-0.2, -0.15) is 0 Å². The maximum atomic E-state index is 12.8. The van der Waals surface area contributed by atoms with E-state index in [1.54, 1.807) is 6.07 Å². The van der Waals surface area contributed by atoms with Crippen molar-refractivity contribution >= 4 is 26.5 Å². The van der Waals surface area contributed by atoms with Gasteiger partial charge in [0, 0.05) is 11.8 Å². The van der Waals surface area contributed by atoms with Crippen molar-refractivity contribution in [2.24, 2.45) is 5.92 Å². The first-order valence-corrected chi connectivity index (χ1v) is 9.98. The maximum absolute atomic E-state index is 12.8. The third-order valence-electron chi connectivity index (χ3n) is 3.99. The number of hydrogen-bond acceptors (Lipinski definition) is 6. The third kappa shape index (κ3) is 3.60. The summed E-state index contributed by atoms with van der Waals surface area (Å²) in [6.45, 7) is 3.75. The van der Waals surface area contributed by atoms with Crippen molar-refractivity contribution in [2.45, 2.75) is 25.1 Å². The molecule has 3 rings (SSSR count). The van der Waals surface area contributed by atoms with Crippen LogP contribution in [0.4, 0.5) is 0 Å². The van der Waals surface area contributed by atoms with Crippen LogP contribution in [0.2, 0.25) is 0 Å². The number of aromatic nitrogens is 2. The van der Waals surface area contributed by atoms with Gasteiger partial charge in [-0.1, -0.05) is 55.3 Å². The molecular weight excluding hydrogens is 354 g/mol. The Bertz CT molecular complexity index is 1050. The molecule has 0 saturated heterocycles. The SMILES string of the molecule is CC(C)[C@H](NC(=O)c1cccc2ccccc12)c1nnc(S(C)(=O)=O)o1. The molecule has 0 unspecified atom stereocenters. The second-order valence-corrected chi connectivity index (χ2v) is 8.29. The Balaban J connectivity index is 1.93. The number of amides is 1. The van der Waals surface area contributed by atoms with Gasteiger partial charge >= 0.3 is 5.22 Å². The van der Waals surface area contributed by atoms with Gasteiger partial charge in [0.1, 0.15) is 6.04 Å². The molecule has 0 radical (unpaired) electrons. The Morgan fingerprint density at radius 2 is 1.77 bits per heavy atom. The molecule has 1 N–H and O–H groups in total. The molecule has 0 aliphatic heterocycles. The molecule has 2 aromatic carbocycles. The lowest BCUT2D eigenvalue weighted by molar-refractivity contribution is 0.0917. The van der Waals surface area contributed by atoms with Gasteiger partial charge in [-0.15, -0.1) is 5.10 Å². The van der Waals surface area contributed by atoms with E-state index in [1.807, 2.05) is 50.2 Å². The van der Waals surface area contributed by atoms with Gasteiger partial charge in [-0.3, -0.25) is 4.79 Å². The van der Waals surface area contributed by atoms with Crippen LogP contribution in [-0.2, 0) is 9.84 Å². The van der Waals surface area contributed by atoms with E-state index in [-0.39, 0.29) is 17.7 Å². The van der Waals surface area contributed by atoms with Crippen molar-refractivity contribution in [3.05, 3.63) is 53.9 Å². The first-order valence-electron chi connectivity index (χ1n) is 8.09. The highest BCUT2D eigenvalue weighted by molar-refractivity contribution is 7.90. The normalized spacial score (nSPS) is 13.1. The van der Waals surface area contributed by atoms with E-state index in [0.29, 0.717) is 5.56 Å². The van der Waals surface area contributed by atoms with Gasteiger partial charge in [-0.25, -0.2) is 8.42 Å². The Morgan fingerprint density at radius 1 is 1.08 bits per heavy atom. The molecule has 0 saturated carbocycles. The minimum absolute atomic E-state index is 0.0639. The third-order valence-corrected chi connectivity index (χ3v) is 4.79. The minimum Gasteiger partial charge on any atom is -0.410 e. The zero-order valence-electron chi connectivity index (χ0n) is 14.6. The molecule has 0 aliphatic carbocycles.